The second kappa shape index (κ2) is 27.5. The molecule has 0 N–H and O–H groups in total. The van der Waals surface area contributed by atoms with Gasteiger partial charge in [0.1, 0.15) is 0 Å². The average Bonchev–Trinajstić information content (AvgIpc) is 1.56. The maximum Gasteiger partial charge on any atom is 0.494 e. The van der Waals surface area contributed by atoms with Gasteiger partial charge >= 0.3 is 7.12 Å². The Morgan fingerprint density at radius 2 is 0.535 bits per heavy atom. The number of fused-ring (bicyclic) bond motifs is 22. The summed E-state index contributed by atoms with van der Waals surface area (Å²) in [6, 6.07) is 136. The number of halogens is 1. The molecule has 4 aromatic heterocycles. The predicted octanol–water partition coefficient (Wildman–Crippen LogP) is 28.1. The van der Waals surface area contributed by atoms with E-state index in [-0.39, 0.29) is 18.3 Å². The summed E-state index contributed by atoms with van der Waals surface area (Å²) in [4.78, 5) is 0. The highest BCUT2D eigenvalue weighted by Gasteiger charge is 2.51. The van der Waals surface area contributed by atoms with Crippen molar-refractivity contribution in [1.29, 1.82) is 0 Å². The molecule has 0 saturated carbocycles. The Morgan fingerprint density at radius 1 is 0.228 bits per heavy atom. The van der Waals surface area contributed by atoms with E-state index in [0.717, 1.165) is 21.3 Å². The average molecular weight is 1530 g/mol. The highest BCUT2D eigenvalue weighted by atomic mass is 79.9. The topological polar surface area (TPSA) is 38.2 Å². The molecular formula is C106H76BBrN4O2. The molecule has 1 aliphatic heterocycles. The molecule has 6 nitrogen and oxygen atoms in total. The number of para-hydroxylation sites is 4. The summed E-state index contributed by atoms with van der Waals surface area (Å²) in [5.74, 6) is 0. The summed E-state index contributed by atoms with van der Waals surface area (Å²) in [6.07, 6.45) is 4.36. The van der Waals surface area contributed by atoms with E-state index >= 15 is 0 Å². The summed E-state index contributed by atoms with van der Waals surface area (Å²) in [7, 11) is -0.361. The lowest BCUT2D eigenvalue weighted by atomic mass is 9.78. The molecule has 0 bridgehead atoms. The molecule has 5 heterocycles. The maximum atomic E-state index is 6.29. The van der Waals surface area contributed by atoms with Crippen LogP contribution >= 0.6 is 15.9 Å². The van der Waals surface area contributed by atoms with Gasteiger partial charge in [-0.1, -0.05) is 271 Å². The first-order valence-electron chi connectivity index (χ1n) is 39.2. The molecule has 114 heavy (non-hydrogen) atoms. The third kappa shape index (κ3) is 11.5. The lowest BCUT2D eigenvalue weighted by molar-refractivity contribution is 0.00578. The molecule has 0 spiro atoms. The SMILES string of the molecule is Brc1ccc2c(c1)c1ccc3c(ccn3-c3ccccc3)c1n2-c1ccccc1.CC1(C)OB(c2cccc(-c3ccc4c5ccccc5c5ccccc5c4c3)c2)OC1(C)C.c1ccc(-n2ccc3c2ccc2c4cc(-c5cccc(-c6ccc7c8ccccc8c8ccccc8c7c6)c5)ccc4n(-c4ccccc4)c23)cc1. The normalized spacial score (nSPS) is 13.4. The van der Waals surface area contributed by atoms with Gasteiger partial charge in [0.05, 0.1) is 44.3 Å². The van der Waals surface area contributed by atoms with Gasteiger partial charge in [-0.25, -0.2) is 0 Å². The number of hydrogen-bond donors (Lipinski definition) is 0. The van der Waals surface area contributed by atoms with Gasteiger partial charge in [0, 0.05) is 71.9 Å². The van der Waals surface area contributed by atoms with E-state index in [4.69, 9.17) is 9.31 Å². The van der Waals surface area contributed by atoms with Gasteiger partial charge in [-0.3, -0.25) is 0 Å². The molecule has 0 amide bonds. The smallest absolute Gasteiger partial charge is 0.399 e. The molecule has 22 aromatic rings. The van der Waals surface area contributed by atoms with Crippen molar-refractivity contribution in [2.45, 2.75) is 38.9 Å². The molecule has 1 aliphatic rings. The zero-order valence-corrected chi connectivity index (χ0v) is 65.1. The number of nitrogens with zero attached hydrogens (tertiary/aromatic N) is 4. The minimum absolute atomic E-state index is 0.351. The van der Waals surface area contributed by atoms with Crippen LogP contribution in [0.15, 0.2) is 393 Å². The first-order chi connectivity index (χ1) is 55.9. The molecule has 1 saturated heterocycles. The summed E-state index contributed by atoms with van der Waals surface area (Å²) >= 11 is 3.65. The molecule has 542 valence electrons. The van der Waals surface area contributed by atoms with E-state index < -0.39 is 0 Å². The number of hydrogen-bond acceptors (Lipinski definition) is 2. The third-order valence-corrected chi connectivity index (χ3v) is 24.5. The Balaban J connectivity index is 0.000000114. The molecule has 8 heteroatoms. The second-order valence-electron chi connectivity index (χ2n) is 31.1. The van der Waals surface area contributed by atoms with Crippen LogP contribution in [0.3, 0.4) is 0 Å². The van der Waals surface area contributed by atoms with E-state index in [2.05, 4.69) is 450 Å². The lowest BCUT2D eigenvalue weighted by Crippen LogP contribution is -2.41. The summed E-state index contributed by atoms with van der Waals surface area (Å²) in [5.41, 5.74) is 19.5. The Labute approximate surface area is 669 Å². The lowest BCUT2D eigenvalue weighted by Gasteiger charge is -2.32. The van der Waals surface area contributed by atoms with Gasteiger partial charge in [0.2, 0.25) is 0 Å². The Morgan fingerprint density at radius 3 is 0.956 bits per heavy atom. The number of aromatic nitrogens is 4. The van der Waals surface area contributed by atoms with Crippen molar-refractivity contribution in [3.8, 4) is 56.1 Å². The monoisotopic (exact) mass is 1530 g/mol. The fraction of sp³-hybridized carbons (Fsp3) is 0.0566. The third-order valence-electron chi connectivity index (χ3n) is 24.0. The van der Waals surface area contributed by atoms with Gasteiger partial charge in [0.25, 0.3) is 0 Å². The summed E-state index contributed by atoms with van der Waals surface area (Å²) in [5, 5.41) is 23.0. The van der Waals surface area contributed by atoms with Crippen LogP contribution in [0.1, 0.15) is 27.7 Å². The first kappa shape index (κ1) is 68.7. The van der Waals surface area contributed by atoms with Crippen LogP contribution in [0.25, 0.3) is 186 Å². The molecule has 18 aromatic carbocycles. The van der Waals surface area contributed by atoms with Crippen LogP contribution in [-0.2, 0) is 9.31 Å². The second-order valence-corrected chi connectivity index (χ2v) is 32.0. The zero-order valence-electron chi connectivity index (χ0n) is 63.5. The molecule has 1 fully saturated rings. The van der Waals surface area contributed by atoms with E-state index in [9.17, 15) is 0 Å². The minimum Gasteiger partial charge on any atom is -0.399 e. The van der Waals surface area contributed by atoms with Crippen molar-refractivity contribution < 1.29 is 9.31 Å². The summed E-state index contributed by atoms with van der Waals surface area (Å²) in [6.45, 7) is 8.37. The van der Waals surface area contributed by atoms with E-state index in [1.54, 1.807) is 0 Å². The van der Waals surface area contributed by atoms with Gasteiger partial charge in [-0.2, -0.15) is 0 Å². The Kier molecular flexibility index (Phi) is 16.6. The van der Waals surface area contributed by atoms with Gasteiger partial charge in [0.15, 0.2) is 0 Å². The van der Waals surface area contributed by atoms with Crippen molar-refractivity contribution >= 4 is 159 Å². The molecule has 0 aliphatic carbocycles. The minimum atomic E-state index is -0.361. The quantitative estimate of drug-likeness (QED) is 0.112. The van der Waals surface area contributed by atoms with Crippen LogP contribution < -0.4 is 5.46 Å². The molecule has 0 atom stereocenters. The van der Waals surface area contributed by atoms with Gasteiger partial charge in [-0.05, 0) is 253 Å². The van der Waals surface area contributed by atoms with Crippen molar-refractivity contribution in [2.24, 2.45) is 0 Å². The van der Waals surface area contributed by atoms with E-state index in [1.807, 2.05) is 0 Å². The Bertz CT molecular complexity index is 7480. The van der Waals surface area contributed by atoms with Crippen LogP contribution in [0.5, 0.6) is 0 Å². The molecule has 0 radical (unpaired) electrons. The molecule has 0 unspecified atom stereocenters. The standard InChI is InChI=1S/C50H32N2.C30H27BO2.C26H17BrN2/c1-3-14-37(15-4-1)51-29-28-45-48(51)27-25-44-47-32-36(23-26-49(47)52(50(44)45)38-16-5-2-6-17-38)34-13-11-12-33(30-34)35-22-24-43-41-20-8-7-18-39(41)40-19-9-10-21-42(40)46(43)31-35;1-29(2)30(3,4)33-31(32-29)22-11-9-10-20(18-22)21-16-17-27-25-14-6-5-12-23(25)24-13-7-8-15-26(24)28(27)19-21;27-18-11-13-25-23(17-18)21-12-14-24-22(15-16-28(24)19-7-3-1-4-8-19)26(21)29(25)20-9-5-2-6-10-20/h1-32H;5-19H,1-4H3;1-17H. The largest absolute Gasteiger partial charge is 0.494 e. The zero-order chi connectivity index (χ0) is 76.3. The van der Waals surface area contributed by atoms with Crippen LogP contribution in [-0.4, -0.2) is 36.6 Å². The maximum absolute atomic E-state index is 6.29. The molecular weight excluding hydrogens is 1450 g/mol. The van der Waals surface area contributed by atoms with Crippen LogP contribution in [0, 0.1) is 0 Å². The van der Waals surface area contributed by atoms with Crippen molar-refractivity contribution in [2.75, 3.05) is 0 Å². The van der Waals surface area contributed by atoms with E-state index in [1.165, 1.54) is 175 Å². The fourth-order valence-corrected chi connectivity index (χ4v) is 18.2. The van der Waals surface area contributed by atoms with Crippen LogP contribution in [0.2, 0.25) is 0 Å². The fourth-order valence-electron chi connectivity index (χ4n) is 17.8. The highest BCUT2D eigenvalue weighted by Crippen LogP contribution is 2.45. The first-order valence-corrected chi connectivity index (χ1v) is 40.0. The van der Waals surface area contributed by atoms with E-state index in [0.29, 0.717) is 0 Å². The highest BCUT2D eigenvalue weighted by molar-refractivity contribution is 9.10. The molecule has 23 rings (SSSR count). The van der Waals surface area contributed by atoms with Gasteiger partial charge in [-0.15, -0.1) is 0 Å². The van der Waals surface area contributed by atoms with Gasteiger partial charge < -0.3 is 27.6 Å². The number of rotatable bonds is 8. The van der Waals surface area contributed by atoms with Crippen molar-refractivity contribution in [3.63, 3.8) is 0 Å². The van der Waals surface area contributed by atoms with Crippen LogP contribution in [0.4, 0.5) is 0 Å². The van der Waals surface area contributed by atoms with Crippen molar-refractivity contribution in [3.05, 3.63) is 393 Å². The van der Waals surface area contributed by atoms with Crippen molar-refractivity contribution in [1.82, 2.24) is 18.3 Å². The Hall–Kier alpha value is -13.3. The number of benzene rings is 18. The summed E-state index contributed by atoms with van der Waals surface area (Å²) < 4.78 is 23.1. The predicted molar refractivity (Wildman–Crippen MR) is 486 cm³/mol.